The highest BCUT2D eigenvalue weighted by Crippen LogP contribution is 2.18. The summed E-state index contributed by atoms with van der Waals surface area (Å²) < 4.78 is 18.6. The molecular formula is C15H14ClFN2OS. The van der Waals surface area contributed by atoms with E-state index in [0.717, 1.165) is 5.69 Å². The first-order valence-corrected chi connectivity index (χ1v) is 7.61. The van der Waals surface area contributed by atoms with Crippen LogP contribution in [-0.4, -0.2) is 17.5 Å². The highest BCUT2D eigenvalue weighted by molar-refractivity contribution is 8.13. The summed E-state index contributed by atoms with van der Waals surface area (Å²) >= 11 is 7.14. The van der Waals surface area contributed by atoms with Gasteiger partial charge >= 0.3 is 0 Å². The van der Waals surface area contributed by atoms with Crippen molar-refractivity contribution in [3.05, 3.63) is 59.4 Å². The lowest BCUT2D eigenvalue weighted by atomic mass is 10.3. The van der Waals surface area contributed by atoms with Crippen LogP contribution in [0, 0.1) is 5.82 Å². The molecule has 0 aliphatic rings. The first kappa shape index (κ1) is 15.7. The summed E-state index contributed by atoms with van der Waals surface area (Å²) in [6.45, 7) is 0.350. The lowest BCUT2D eigenvalue weighted by Gasteiger charge is -2.06. The summed E-state index contributed by atoms with van der Waals surface area (Å²) in [5, 5.41) is 1.08. The Morgan fingerprint density at radius 2 is 1.90 bits per heavy atom. The van der Waals surface area contributed by atoms with Crippen LogP contribution in [0.4, 0.5) is 10.1 Å². The van der Waals surface area contributed by atoms with Crippen LogP contribution in [-0.2, 0) is 0 Å². The fourth-order valence-electron chi connectivity index (χ4n) is 1.53. The zero-order valence-corrected chi connectivity index (χ0v) is 12.7. The van der Waals surface area contributed by atoms with Gasteiger partial charge in [0, 0.05) is 10.8 Å². The molecule has 0 spiro atoms. The van der Waals surface area contributed by atoms with Crippen molar-refractivity contribution in [2.75, 3.05) is 12.4 Å². The minimum absolute atomic E-state index is 0.242. The van der Waals surface area contributed by atoms with Gasteiger partial charge in [0.25, 0.3) is 0 Å². The van der Waals surface area contributed by atoms with Crippen LogP contribution >= 0.6 is 23.4 Å². The van der Waals surface area contributed by atoms with Crippen LogP contribution in [0.15, 0.2) is 53.5 Å². The van der Waals surface area contributed by atoms with Gasteiger partial charge in [-0.15, -0.1) is 0 Å². The van der Waals surface area contributed by atoms with Gasteiger partial charge in [0.2, 0.25) is 0 Å². The van der Waals surface area contributed by atoms with E-state index in [1.807, 2.05) is 0 Å². The summed E-state index contributed by atoms with van der Waals surface area (Å²) in [7, 11) is 0. The molecule has 110 valence electrons. The van der Waals surface area contributed by atoms with E-state index in [1.165, 1.54) is 17.8 Å². The normalized spacial score (nSPS) is 11.4. The minimum atomic E-state index is -0.370. The summed E-state index contributed by atoms with van der Waals surface area (Å²) in [5.74, 6) is 0.452. The summed E-state index contributed by atoms with van der Waals surface area (Å²) in [6, 6.07) is 13.4. The van der Waals surface area contributed by atoms with Crippen molar-refractivity contribution < 1.29 is 9.13 Å². The summed E-state index contributed by atoms with van der Waals surface area (Å²) in [4.78, 5) is 4.23. The van der Waals surface area contributed by atoms with E-state index in [1.54, 1.807) is 42.5 Å². The molecule has 2 N–H and O–H groups in total. The Balaban J connectivity index is 1.78. The second-order valence-corrected chi connectivity index (χ2v) is 5.61. The molecule has 0 fully saturated rings. The zero-order chi connectivity index (χ0) is 15.1. The van der Waals surface area contributed by atoms with E-state index >= 15 is 0 Å². The molecule has 0 saturated heterocycles. The fourth-order valence-corrected chi connectivity index (χ4v) is 2.21. The van der Waals surface area contributed by atoms with E-state index in [0.29, 0.717) is 22.6 Å². The van der Waals surface area contributed by atoms with Gasteiger partial charge in [0.1, 0.15) is 0 Å². The summed E-state index contributed by atoms with van der Waals surface area (Å²) in [5.41, 5.74) is 6.54. The Hall–Kier alpha value is -1.72. The molecule has 2 rings (SSSR count). The maximum absolute atomic E-state index is 13.3. The number of halogens is 2. The number of aliphatic imine (C=N–C) groups is 1. The Morgan fingerprint density at radius 1 is 1.19 bits per heavy atom. The number of para-hydroxylation sites is 1. The van der Waals surface area contributed by atoms with Crippen molar-refractivity contribution in [1.29, 1.82) is 0 Å². The smallest absolute Gasteiger partial charge is 0.165 e. The number of rotatable bonds is 5. The van der Waals surface area contributed by atoms with E-state index in [-0.39, 0.29) is 11.6 Å². The third kappa shape index (κ3) is 5.28. The topological polar surface area (TPSA) is 47.6 Å². The zero-order valence-electron chi connectivity index (χ0n) is 11.1. The van der Waals surface area contributed by atoms with E-state index in [9.17, 15) is 4.39 Å². The molecule has 0 bridgehead atoms. The number of hydrogen-bond donors (Lipinski definition) is 1. The van der Waals surface area contributed by atoms with Crippen LogP contribution < -0.4 is 10.5 Å². The van der Waals surface area contributed by atoms with E-state index < -0.39 is 0 Å². The van der Waals surface area contributed by atoms with Crippen molar-refractivity contribution in [2.45, 2.75) is 0 Å². The standard InChI is InChI=1S/C15H14ClFN2OS/c16-11-5-7-12(8-6-11)19-15(18)21-10-9-20-14-4-2-1-3-13(14)17/h1-8H,9-10H2,(H2,18,19). The van der Waals surface area contributed by atoms with Crippen LogP contribution in [0.2, 0.25) is 5.02 Å². The molecule has 0 amide bonds. The van der Waals surface area contributed by atoms with Crippen LogP contribution in [0.25, 0.3) is 0 Å². The van der Waals surface area contributed by atoms with Crippen molar-refractivity contribution in [3.8, 4) is 5.75 Å². The van der Waals surface area contributed by atoms with Crippen LogP contribution in [0.3, 0.4) is 0 Å². The Labute approximate surface area is 132 Å². The van der Waals surface area contributed by atoms with Crippen molar-refractivity contribution in [3.63, 3.8) is 0 Å². The van der Waals surface area contributed by atoms with Crippen LogP contribution in [0.5, 0.6) is 5.75 Å². The van der Waals surface area contributed by atoms with Gasteiger partial charge in [0.15, 0.2) is 16.7 Å². The van der Waals surface area contributed by atoms with Crippen molar-refractivity contribution >= 4 is 34.2 Å². The van der Waals surface area contributed by atoms with Gasteiger partial charge < -0.3 is 10.5 Å². The predicted molar refractivity (Wildman–Crippen MR) is 87.1 cm³/mol. The fraction of sp³-hybridized carbons (Fsp3) is 0.133. The lowest BCUT2D eigenvalue weighted by Crippen LogP contribution is -2.10. The van der Waals surface area contributed by atoms with Crippen molar-refractivity contribution in [2.24, 2.45) is 10.7 Å². The first-order chi connectivity index (χ1) is 10.1. The maximum atomic E-state index is 13.3. The number of hydrogen-bond acceptors (Lipinski definition) is 3. The molecule has 0 atom stereocenters. The third-order valence-electron chi connectivity index (χ3n) is 2.49. The molecule has 0 aliphatic carbocycles. The number of ether oxygens (including phenoxy) is 1. The molecule has 6 heteroatoms. The van der Waals surface area contributed by atoms with Crippen molar-refractivity contribution in [1.82, 2.24) is 0 Å². The second kappa shape index (κ2) is 7.90. The number of nitrogens with two attached hydrogens (primary N) is 1. The molecule has 2 aromatic carbocycles. The molecule has 0 unspecified atom stereocenters. The van der Waals surface area contributed by atoms with Gasteiger partial charge in [0.05, 0.1) is 12.3 Å². The Kier molecular flexibility index (Phi) is 5.90. The van der Waals surface area contributed by atoms with E-state index in [4.69, 9.17) is 22.1 Å². The molecule has 0 aliphatic heterocycles. The molecule has 0 saturated carbocycles. The maximum Gasteiger partial charge on any atom is 0.165 e. The first-order valence-electron chi connectivity index (χ1n) is 6.25. The Morgan fingerprint density at radius 3 is 2.62 bits per heavy atom. The molecule has 0 heterocycles. The molecular weight excluding hydrogens is 311 g/mol. The van der Waals surface area contributed by atoms with Crippen LogP contribution in [0.1, 0.15) is 0 Å². The number of nitrogens with zero attached hydrogens (tertiary/aromatic N) is 1. The second-order valence-electron chi connectivity index (χ2n) is 4.05. The average Bonchev–Trinajstić information content (AvgIpc) is 2.48. The molecule has 21 heavy (non-hydrogen) atoms. The number of amidine groups is 1. The van der Waals surface area contributed by atoms with Gasteiger partial charge in [-0.05, 0) is 36.4 Å². The predicted octanol–water partition coefficient (Wildman–Crippen LogP) is 4.24. The third-order valence-corrected chi connectivity index (χ3v) is 3.50. The molecule has 0 aromatic heterocycles. The minimum Gasteiger partial charge on any atom is -0.490 e. The quantitative estimate of drug-likeness (QED) is 0.508. The highest BCUT2D eigenvalue weighted by atomic mass is 35.5. The summed E-state index contributed by atoms with van der Waals surface area (Å²) in [6.07, 6.45) is 0. The SMILES string of the molecule is NC(=Nc1ccc(Cl)cc1)SCCOc1ccccc1F. The Bertz CT molecular complexity index is 619. The average molecular weight is 325 g/mol. The van der Waals surface area contributed by atoms with E-state index in [2.05, 4.69) is 4.99 Å². The van der Waals surface area contributed by atoms with Gasteiger partial charge in [-0.2, -0.15) is 0 Å². The molecule has 2 aromatic rings. The lowest BCUT2D eigenvalue weighted by molar-refractivity contribution is 0.325. The highest BCUT2D eigenvalue weighted by Gasteiger charge is 2.01. The number of benzene rings is 2. The number of thioether (sulfide) groups is 1. The largest absolute Gasteiger partial charge is 0.490 e. The van der Waals surface area contributed by atoms with Gasteiger partial charge in [-0.1, -0.05) is 35.5 Å². The molecule has 0 radical (unpaired) electrons. The van der Waals surface area contributed by atoms with Gasteiger partial charge in [-0.3, -0.25) is 0 Å². The van der Waals surface area contributed by atoms with Gasteiger partial charge in [-0.25, -0.2) is 9.38 Å². The molecule has 3 nitrogen and oxygen atoms in total. The monoisotopic (exact) mass is 324 g/mol.